The molecule has 0 spiro atoms. The van der Waals surface area contributed by atoms with E-state index >= 15 is 0 Å². The molecule has 2 aliphatic rings. The van der Waals surface area contributed by atoms with Gasteiger partial charge in [0.15, 0.2) is 0 Å². The number of nitrogens with zero attached hydrogens (tertiary/aromatic N) is 1. The minimum absolute atomic E-state index is 0.0292. The van der Waals surface area contributed by atoms with Crippen LogP contribution in [0.1, 0.15) is 61.8 Å². The number of benzene rings is 1. The Hall–Kier alpha value is -2.49. The van der Waals surface area contributed by atoms with Crippen LogP contribution in [0.3, 0.4) is 0 Å². The van der Waals surface area contributed by atoms with E-state index in [2.05, 4.69) is 28.5 Å². The number of fused-ring (bicyclic) bond motifs is 1. The van der Waals surface area contributed by atoms with Gasteiger partial charge in [0, 0.05) is 17.8 Å². The van der Waals surface area contributed by atoms with Gasteiger partial charge in [0.05, 0.1) is 5.69 Å². The number of pyridine rings is 1. The van der Waals surface area contributed by atoms with Crippen molar-refractivity contribution in [3.63, 3.8) is 0 Å². The monoisotopic (exact) mass is 378 g/mol. The topological polar surface area (TPSA) is 42.0 Å². The minimum Gasteiger partial charge on any atom is -0.326 e. The molecule has 1 aromatic carbocycles. The highest BCUT2D eigenvalue weighted by Crippen LogP contribution is 2.41. The van der Waals surface area contributed by atoms with Crippen LogP contribution in [0, 0.1) is 17.7 Å². The zero-order valence-electron chi connectivity index (χ0n) is 16.3. The summed E-state index contributed by atoms with van der Waals surface area (Å²) in [4.78, 5) is 17.1. The van der Waals surface area contributed by atoms with E-state index in [-0.39, 0.29) is 17.6 Å². The van der Waals surface area contributed by atoms with Gasteiger partial charge in [-0.3, -0.25) is 9.78 Å². The molecule has 2 aromatic rings. The van der Waals surface area contributed by atoms with E-state index in [1.54, 1.807) is 12.1 Å². The molecule has 0 radical (unpaired) electrons. The van der Waals surface area contributed by atoms with Gasteiger partial charge in [-0.2, -0.15) is 0 Å². The Kier molecular flexibility index (Phi) is 5.56. The summed E-state index contributed by atoms with van der Waals surface area (Å²) in [7, 11) is 0. The van der Waals surface area contributed by atoms with Crippen molar-refractivity contribution in [2.45, 2.75) is 51.4 Å². The van der Waals surface area contributed by atoms with Gasteiger partial charge in [-0.15, -0.1) is 0 Å². The van der Waals surface area contributed by atoms with Crippen LogP contribution in [0.4, 0.5) is 10.1 Å². The molecule has 4 rings (SSSR count). The second-order valence-corrected chi connectivity index (χ2v) is 8.10. The highest BCUT2D eigenvalue weighted by Gasteiger charge is 2.31. The van der Waals surface area contributed by atoms with E-state index in [0.29, 0.717) is 17.5 Å². The number of aromatic nitrogens is 1. The zero-order valence-corrected chi connectivity index (χ0v) is 16.3. The first kappa shape index (κ1) is 18.9. The number of anilines is 1. The molecular formula is C24H27FN2O. The highest BCUT2D eigenvalue weighted by molar-refractivity contribution is 5.92. The number of allylic oxidation sites excluding steroid dienone is 1. The molecule has 146 valence electrons. The Morgan fingerprint density at radius 2 is 1.89 bits per heavy atom. The molecule has 2 aliphatic carbocycles. The third kappa shape index (κ3) is 4.01. The van der Waals surface area contributed by atoms with Gasteiger partial charge in [-0.05, 0) is 97.9 Å². The molecule has 1 saturated carbocycles. The Labute approximate surface area is 166 Å². The van der Waals surface area contributed by atoms with E-state index in [0.717, 1.165) is 44.2 Å². The summed E-state index contributed by atoms with van der Waals surface area (Å²) in [5, 5.41) is 2.93. The van der Waals surface area contributed by atoms with Crippen LogP contribution in [-0.2, 0) is 11.2 Å². The summed E-state index contributed by atoms with van der Waals surface area (Å²) >= 11 is 0. The maximum absolute atomic E-state index is 13.0. The third-order valence-electron chi connectivity index (χ3n) is 6.41. The zero-order chi connectivity index (χ0) is 19.5. The molecule has 1 unspecified atom stereocenters. The van der Waals surface area contributed by atoms with Crippen LogP contribution < -0.4 is 5.32 Å². The SMILES string of the molecule is CC(C(=O)Nc1ccc(F)cc1)C1CCC(c2ccnc3c2CCC=C3)CC1. The maximum Gasteiger partial charge on any atom is 0.227 e. The van der Waals surface area contributed by atoms with E-state index in [1.165, 1.54) is 23.3 Å². The first-order valence-electron chi connectivity index (χ1n) is 10.3. The molecule has 1 heterocycles. The smallest absolute Gasteiger partial charge is 0.227 e. The Bertz CT molecular complexity index is 867. The number of amides is 1. The fourth-order valence-electron chi connectivity index (χ4n) is 4.68. The maximum atomic E-state index is 13.0. The summed E-state index contributed by atoms with van der Waals surface area (Å²) < 4.78 is 13.0. The number of nitrogens with one attached hydrogen (secondary N) is 1. The van der Waals surface area contributed by atoms with Crippen molar-refractivity contribution in [3.8, 4) is 0 Å². The van der Waals surface area contributed by atoms with E-state index < -0.39 is 0 Å². The summed E-state index contributed by atoms with van der Waals surface area (Å²) in [6, 6.07) is 8.16. The van der Waals surface area contributed by atoms with Crippen LogP contribution in [0.2, 0.25) is 0 Å². The molecule has 0 saturated heterocycles. The van der Waals surface area contributed by atoms with Gasteiger partial charge in [0.25, 0.3) is 0 Å². The van der Waals surface area contributed by atoms with Gasteiger partial charge >= 0.3 is 0 Å². The van der Waals surface area contributed by atoms with Gasteiger partial charge in [-0.1, -0.05) is 13.0 Å². The second-order valence-electron chi connectivity index (χ2n) is 8.10. The van der Waals surface area contributed by atoms with Crippen LogP contribution in [0.15, 0.2) is 42.6 Å². The van der Waals surface area contributed by atoms with Crippen molar-refractivity contribution in [3.05, 3.63) is 65.2 Å². The Balaban J connectivity index is 1.37. The number of halogens is 1. The molecular weight excluding hydrogens is 351 g/mol. The standard InChI is InChI=1S/C24H27FN2O/c1-16(24(28)27-20-12-10-19(25)11-13-20)17-6-8-18(9-7-17)21-14-15-26-23-5-3-2-4-22(21)23/h3,5,10-18H,2,4,6-9H2,1H3,(H,27,28). The lowest BCUT2D eigenvalue weighted by atomic mass is 9.73. The Morgan fingerprint density at radius 1 is 1.14 bits per heavy atom. The molecule has 0 aliphatic heterocycles. The quantitative estimate of drug-likeness (QED) is 0.738. The van der Waals surface area contributed by atoms with Crippen molar-refractivity contribution < 1.29 is 9.18 Å². The molecule has 4 heteroatoms. The van der Waals surface area contributed by atoms with E-state index in [1.807, 2.05) is 13.1 Å². The normalized spacial score (nSPS) is 22.4. The van der Waals surface area contributed by atoms with Crippen LogP contribution in [0.5, 0.6) is 0 Å². The third-order valence-corrected chi connectivity index (χ3v) is 6.41. The minimum atomic E-state index is -0.293. The van der Waals surface area contributed by atoms with Crippen LogP contribution >= 0.6 is 0 Å². The number of hydrogen-bond acceptors (Lipinski definition) is 2. The summed E-state index contributed by atoms with van der Waals surface area (Å²) in [6.07, 6.45) is 12.9. The fourth-order valence-corrected chi connectivity index (χ4v) is 4.68. The van der Waals surface area contributed by atoms with Gasteiger partial charge < -0.3 is 5.32 Å². The largest absolute Gasteiger partial charge is 0.326 e. The first-order valence-corrected chi connectivity index (χ1v) is 10.3. The second kappa shape index (κ2) is 8.26. The average molecular weight is 378 g/mol. The molecule has 1 fully saturated rings. The number of carbonyl (C=O) groups is 1. The van der Waals surface area contributed by atoms with Gasteiger partial charge in [0.2, 0.25) is 5.91 Å². The predicted molar refractivity (Wildman–Crippen MR) is 110 cm³/mol. The van der Waals surface area contributed by atoms with Crippen LogP contribution in [0.25, 0.3) is 6.08 Å². The molecule has 3 nitrogen and oxygen atoms in total. The predicted octanol–water partition coefficient (Wildman–Crippen LogP) is 5.73. The van der Waals surface area contributed by atoms with E-state index in [9.17, 15) is 9.18 Å². The van der Waals surface area contributed by atoms with Crippen molar-refractivity contribution in [1.82, 2.24) is 4.98 Å². The van der Waals surface area contributed by atoms with Crippen molar-refractivity contribution in [1.29, 1.82) is 0 Å². The molecule has 1 N–H and O–H groups in total. The number of hydrogen-bond donors (Lipinski definition) is 1. The lowest BCUT2D eigenvalue weighted by molar-refractivity contribution is -0.121. The summed E-state index contributed by atoms with van der Waals surface area (Å²) in [5.41, 5.74) is 4.69. The molecule has 1 aromatic heterocycles. The highest BCUT2D eigenvalue weighted by atomic mass is 19.1. The molecule has 1 atom stereocenters. The average Bonchev–Trinajstić information content (AvgIpc) is 2.74. The summed E-state index contributed by atoms with van der Waals surface area (Å²) in [5.74, 6) is 0.668. The lowest BCUT2D eigenvalue weighted by Gasteiger charge is -2.33. The lowest BCUT2D eigenvalue weighted by Crippen LogP contribution is -2.29. The number of carbonyl (C=O) groups excluding carboxylic acids is 1. The van der Waals surface area contributed by atoms with Crippen molar-refractivity contribution in [2.75, 3.05) is 5.32 Å². The fraction of sp³-hybridized carbons (Fsp3) is 0.417. The van der Waals surface area contributed by atoms with Crippen molar-refractivity contribution >= 4 is 17.7 Å². The van der Waals surface area contributed by atoms with Crippen molar-refractivity contribution in [2.24, 2.45) is 11.8 Å². The molecule has 28 heavy (non-hydrogen) atoms. The molecule has 1 amide bonds. The van der Waals surface area contributed by atoms with Crippen LogP contribution in [-0.4, -0.2) is 10.9 Å². The number of rotatable bonds is 4. The van der Waals surface area contributed by atoms with E-state index in [4.69, 9.17) is 0 Å². The molecule has 0 bridgehead atoms. The van der Waals surface area contributed by atoms with Gasteiger partial charge in [0.1, 0.15) is 5.82 Å². The van der Waals surface area contributed by atoms with Gasteiger partial charge in [-0.25, -0.2) is 4.39 Å². The first-order chi connectivity index (χ1) is 13.6. The Morgan fingerprint density at radius 3 is 2.64 bits per heavy atom. The summed E-state index contributed by atoms with van der Waals surface area (Å²) in [6.45, 7) is 2.02.